The Balaban J connectivity index is 1.61. The Bertz CT molecular complexity index is 682. The summed E-state index contributed by atoms with van der Waals surface area (Å²) in [6.07, 6.45) is 8.17. The molecular formula is C19H23N3O2. The maximum atomic E-state index is 12.5. The van der Waals surface area contributed by atoms with Crippen molar-refractivity contribution in [1.82, 2.24) is 4.98 Å². The minimum absolute atomic E-state index is 0.105. The van der Waals surface area contributed by atoms with E-state index in [4.69, 9.17) is 10.5 Å². The van der Waals surface area contributed by atoms with Gasteiger partial charge in [-0.2, -0.15) is 0 Å². The zero-order valence-electron chi connectivity index (χ0n) is 13.7. The van der Waals surface area contributed by atoms with Gasteiger partial charge in [0.15, 0.2) is 0 Å². The third kappa shape index (κ3) is 4.11. The smallest absolute Gasteiger partial charge is 0.244 e. The number of benzene rings is 1. The highest BCUT2D eigenvalue weighted by atomic mass is 16.5. The summed E-state index contributed by atoms with van der Waals surface area (Å²) in [6.45, 7) is 0.437. The van der Waals surface area contributed by atoms with Crippen LogP contribution in [0, 0.1) is 0 Å². The predicted molar refractivity (Wildman–Crippen MR) is 93.6 cm³/mol. The molecule has 126 valence electrons. The zero-order valence-corrected chi connectivity index (χ0v) is 13.7. The third-order valence-electron chi connectivity index (χ3n) is 4.42. The van der Waals surface area contributed by atoms with Crippen molar-refractivity contribution in [2.45, 2.75) is 44.2 Å². The van der Waals surface area contributed by atoms with Crippen LogP contribution in [0.3, 0.4) is 0 Å². The Labute approximate surface area is 142 Å². The largest absolute Gasteiger partial charge is 0.489 e. The number of nitrogens with zero attached hydrogens (tertiary/aromatic N) is 1. The number of hydrogen-bond acceptors (Lipinski definition) is 4. The maximum Gasteiger partial charge on any atom is 0.244 e. The maximum absolute atomic E-state index is 12.5. The molecule has 0 bridgehead atoms. The number of ether oxygens (including phenoxy) is 1. The average molecular weight is 325 g/mol. The van der Waals surface area contributed by atoms with Gasteiger partial charge < -0.3 is 15.8 Å². The number of nitrogens with two attached hydrogens (primary N) is 1. The second kappa shape index (κ2) is 7.45. The van der Waals surface area contributed by atoms with Crippen molar-refractivity contribution in [3.05, 3.63) is 54.4 Å². The van der Waals surface area contributed by atoms with Crippen molar-refractivity contribution < 1.29 is 9.53 Å². The Kier molecular flexibility index (Phi) is 5.11. The van der Waals surface area contributed by atoms with E-state index in [0.29, 0.717) is 18.0 Å². The minimum Gasteiger partial charge on any atom is -0.489 e. The summed E-state index contributed by atoms with van der Waals surface area (Å²) in [5.41, 5.74) is 7.23. The number of carbonyl (C=O) groups is 1. The van der Waals surface area contributed by atoms with Gasteiger partial charge in [-0.15, -0.1) is 0 Å². The van der Waals surface area contributed by atoms with Gasteiger partial charge in [0.2, 0.25) is 5.91 Å². The van der Waals surface area contributed by atoms with Crippen molar-refractivity contribution in [2.75, 3.05) is 5.32 Å². The van der Waals surface area contributed by atoms with E-state index in [1.165, 1.54) is 0 Å². The van der Waals surface area contributed by atoms with Crippen LogP contribution >= 0.6 is 0 Å². The van der Waals surface area contributed by atoms with E-state index >= 15 is 0 Å². The van der Waals surface area contributed by atoms with Gasteiger partial charge in [-0.05, 0) is 31.0 Å². The molecule has 1 aromatic carbocycles. The molecule has 0 aliphatic heterocycles. The fraction of sp³-hybridized carbons (Fsp3) is 0.368. The van der Waals surface area contributed by atoms with Crippen LogP contribution in [0.25, 0.3) is 0 Å². The first-order valence-corrected chi connectivity index (χ1v) is 8.38. The molecule has 24 heavy (non-hydrogen) atoms. The quantitative estimate of drug-likeness (QED) is 0.884. The van der Waals surface area contributed by atoms with Crippen molar-refractivity contribution in [2.24, 2.45) is 5.73 Å². The topological polar surface area (TPSA) is 77.2 Å². The van der Waals surface area contributed by atoms with Crippen LogP contribution in [-0.2, 0) is 11.4 Å². The molecule has 0 saturated heterocycles. The summed E-state index contributed by atoms with van der Waals surface area (Å²) < 4.78 is 5.76. The fourth-order valence-electron chi connectivity index (χ4n) is 2.98. The van der Waals surface area contributed by atoms with Gasteiger partial charge in [-0.1, -0.05) is 31.4 Å². The lowest BCUT2D eigenvalue weighted by atomic mass is 9.82. The van der Waals surface area contributed by atoms with Gasteiger partial charge in [0.05, 0.1) is 5.54 Å². The number of rotatable bonds is 5. The molecule has 1 aromatic heterocycles. The number of hydrogen-bond donors (Lipinski definition) is 2. The summed E-state index contributed by atoms with van der Waals surface area (Å²) in [4.78, 5) is 16.6. The van der Waals surface area contributed by atoms with Gasteiger partial charge in [-0.25, -0.2) is 0 Å². The highest BCUT2D eigenvalue weighted by Crippen LogP contribution is 2.28. The van der Waals surface area contributed by atoms with Crippen LogP contribution in [0.2, 0.25) is 0 Å². The van der Waals surface area contributed by atoms with Crippen molar-refractivity contribution >= 4 is 11.6 Å². The molecule has 1 aliphatic rings. The van der Waals surface area contributed by atoms with E-state index in [2.05, 4.69) is 10.3 Å². The van der Waals surface area contributed by atoms with Gasteiger partial charge in [0.25, 0.3) is 0 Å². The zero-order chi connectivity index (χ0) is 16.8. The highest BCUT2D eigenvalue weighted by molar-refractivity contribution is 5.98. The third-order valence-corrected chi connectivity index (χ3v) is 4.42. The Morgan fingerprint density at radius 3 is 2.79 bits per heavy atom. The van der Waals surface area contributed by atoms with E-state index in [1.807, 2.05) is 36.4 Å². The van der Waals surface area contributed by atoms with Crippen molar-refractivity contribution in [3.63, 3.8) is 0 Å². The molecule has 1 saturated carbocycles. The van der Waals surface area contributed by atoms with Crippen LogP contribution in [0.1, 0.15) is 37.7 Å². The Morgan fingerprint density at radius 1 is 1.21 bits per heavy atom. The van der Waals surface area contributed by atoms with Crippen LogP contribution < -0.4 is 15.8 Å². The molecule has 1 heterocycles. The molecule has 0 unspecified atom stereocenters. The van der Waals surface area contributed by atoms with Crippen LogP contribution in [0.5, 0.6) is 5.75 Å². The SMILES string of the molecule is NC1(C(=O)Nc2cccc(OCc3cccnc3)c2)CCCCC1. The highest BCUT2D eigenvalue weighted by Gasteiger charge is 2.35. The summed E-state index contributed by atoms with van der Waals surface area (Å²) in [5.74, 6) is 0.595. The first-order valence-electron chi connectivity index (χ1n) is 8.38. The summed E-state index contributed by atoms with van der Waals surface area (Å²) in [6, 6.07) is 11.2. The van der Waals surface area contributed by atoms with Gasteiger partial charge in [0, 0.05) is 29.7 Å². The fourth-order valence-corrected chi connectivity index (χ4v) is 2.98. The second-order valence-corrected chi connectivity index (χ2v) is 6.35. The Hall–Kier alpha value is -2.40. The summed E-state index contributed by atoms with van der Waals surface area (Å²) >= 11 is 0. The lowest BCUT2D eigenvalue weighted by Gasteiger charge is -2.31. The molecule has 5 nitrogen and oxygen atoms in total. The van der Waals surface area contributed by atoms with Crippen molar-refractivity contribution in [3.8, 4) is 5.75 Å². The number of carbonyl (C=O) groups excluding carboxylic acids is 1. The molecule has 1 aliphatic carbocycles. The van der Waals surface area contributed by atoms with E-state index in [-0.39, 0.29) is 5.91 Å². The lowest BCUT2D eigenvalue weighted by Crippen LogP contribution is -2.52. The van der Waals surface area contributed by atoms with Gasteiger partial charge in [-0.3, -0.25) is 9.78 Å². The van der Waals surface area contributed by atoms with Crippen LogP contribution in [-0.4, -0.2) is 16.4 Å². The molecule has 2 aromatic rings. The normalized spacial score (nSPS) is 16.4. The monoisotopic (exact) mass is 325 g/mol. The Morgan fingerprint density at radius 2 is 2.04 bits per heavy atom. The first-order chi connectivity index (χ1) is 11.7. The molecule has 1 fully saturated rings. The summed E-state index contributed by atoms with van der Waals surface area (Å²) in [7, 11) is 0. The molecule has 5 heteroatoms. The molecule has 0 radical (unpaired) electrons. The lowest BCUT2D eigenvalue weighted by molar-refractivity contribution is -0.122. The second-order valence-electron chi connectivity index (χ2n) is 6.35. The van der Waals surface area contributed by atoms with Gasteiger partial charge >= 0.3 is 0 Å². The minimum atomic E-state index is -0.745. The van der Waals surface area contributed by atoms with Gasteiger partial charge in [0.1, 0.15) is 12.4 Å². The number of anilines is 1. The molecular weight excluding hydrogens is 302 g/mol. The number of nitrogens with one attached hydrogen (secondary N) is 1. The van der Waals surface area contributed by atoms with Crippen LogP contribution in [0.4, 0.5) is 5.69 Å². The summed E-state index contributed by atoms with van der Waals surface area (Å²) in [5, 5.41) is 2.93. The average Bonchev–Trinajstić information content (AvgIpc) is 2.62. The molecule has 1 amide bonds. The molecule has 0 spiro atoms. The predicted octanol–water partition coefficient (Wildman–Crippen LogP) is 3.26. The molecule has 3 N–H and O–H groups in total. The van der Waals surface area contributed by atoms with E-state index in [0.717, 1.165) is 37.7 Å². The standard InChI is InChI=1S/C19H23N3O2/c20-19(9-2-1-3-10-19)18(23)22-16-7-4-8-17(12-16)24-14-15-6-5-11-21-13-15/h4-8,11-13H,1-3,9-10,14,20H2,(H,22,23). The number of pyridine rings is 1. The molecule has 0 atom stereocenters. The number of amides is 1. The van der Waals surface area contributed by atoms with E-state index < -0.39 is 5.54 Å². The molecule has 3 rings (SSSR count). The van der Waals surface area contributed by atoms with Crippen LogP contribution in [0.15, 0.2) is 48.8 Å². The van der Waals surface area contributed by atoms with Crippen molar-refractivity contribution in [1.29, 1.82) is 0 Å². The first kappa shape index (κ1) is 16.5. The van der Waals surface area contributed by atoms with E-state index in [1.54, 1.807) is 12.4 Å². The van der Waals surface area contributed by atoms with E-state index in [9.17, 15) is 4.79 Å². The number of aromatic nitrogens is 1.